The Bertz CT molecular complexity index is 574. The maximum atomic E-state index is 12.7. The van der Waals surface area contributed by atoms with Gasteiger partial charge in [-0.1, -0.05) is 11.6 Å². The Hall–Kier alpha value is -1.07. The van der Waals surface area contributed by atoms with E-state index in [1.165, 1.54) is 0 Å². The maximum Gasteiger partial charge on any atom is 0.249 e. The van der Waals surface area contributed by atoms with E-state index in [-0.39, 0.29) is 17.7 Å². The van der Waals surface area contributed by atoms with Crippen LogP contribution in [0.5, 0.6) is 0 Å². The molecule has 20 heavy (non-hydrogen) atoms. The van der Waals surface area contributed by atoms with Crippen molar-refractivity contribution in [2.45, 2.75) is 25.3 Å². The molecule has 1 atom stereocenters. The Kier molecular flexibility index (Phi) is 3.73. The summed E-state index contributed by atoms with van der Waals surface area (Å²) in [5, 5.41) is 3.42. The molecule has 1 saturated heterocycles. The smallest absolute Gasteiger partial charge is 0.249 e. The van der Waals surface area contributed by atoms with E-state index < -0.39 is 6.04 Å². The van der Waals surface area contributed by atoms with Crippen molar-refractivity contribution in [1.29, 1.82) is 0 Å². The topological polar surface area (TPSA) is 49.4 Å². The molecule has 6 heteroatoms. The summed E-state index contributed by atoms with van der Waals surface area (Å²) in [6.45, 7) is 0.382. The number of hydrogen-bond acceptors (Lipinski definition) is 2. The van der Waals surface area contributed by atoms with E-state index in [1.54, 1.807) is 17.0 Å². The average Bonchev–Trinajstić information content (AvgIpc) is 3.23. The SMILES string of the molecule is O=C1CCN(c2cc(Cl)ccc2Br)C(=O)C(C2CC2)N1. The third-order valence-electron chi connectivity index (χ3n) is 3.70. The zero-order valence-electron chi connectivity index (χ0n) is 10.7. The number of carbonyl (C=O) groups excluding carboxylic acids is 2. The van der Waals surface area contributed by atoms with Crippen LogP contribution in [-0.2, 0) is 9.59 Å². The lowest BCUT2D eigenvalue weighted by Gasteiger charge is -2.25. The quantitative estimate of drug-likeness (QED) is 0.885. The van der Waals surface area contributed by atoms with Gasteiger partial charge in [0.25, 0.3) is 0 Å². The molecular weight excluding hydrogens is 344 g/mol. The van der Waals surface area contributed by atoms with Crippen LogP contribution in [0.2, 0.25) is 5.02 Å². The highest BCUT2D eigenvalue weighted by molar-refractivity contribution is 9.10. The number of hydrogen-bond donors (Lipinski definition) is 1. The van der Waals surface area contributed by atoms with Gasteiger partial charge in [0.05, 0.1) is 5.69 Å². The van der Waals surface area contributed by atoms with Crippen molar-refractivity contribution in [2.75, 3.05) is 11.4 Å². The van der Waals surface area contributed by atoms with Gasteiger partial charge in [-0.05, 0) is 52.9 Å². The van der Waals surface area contributed by atoms with E-state index in [2.05, 4.69) is 21.2 Å². The Morgan fingerprint density at radius 1 is 1.30 bits per heavy atom. The molecule has 2 fully saturated rings. The molecule has 1 unspecified atom stereocenters. The van der Waals surface area contributed by atoms with Gasteiger partial charge < -0.3 is 10.2 Å². The number of amides is 2. The van der Waals surface area contributed by atoms with E-state index >= 15 is 0 Å². The van der Waals surface area contributed by atoms with Crippen LogP contribution in [0.3, 0.4) is 0 Å². The van der Waals surface area contributed by atoms with E-state index in [4.69, 9.17) is 11.6 Å². The average molecular weight is 358 g/mol. The maximum absolute atomic E-state index is 12.7. The molecule has 0 radical (unpaired) electrons. The summed E-state index contributed by atoms with van der Waals surface area (Å²) in [6, 6.07) is 4.94. The molecule has 2 amide bonds. The minimum absolute atomic E-state index is 0.0404. The second-order valence-corrected chi connectivity index (χ2v) is 6.51. The van der Waals surface area contributed by atoms with E-state index in [0.29, 0.717) is 18.0 Å². The standard InChI is InChI=1S/C14H14BrClN2O2/c15-10-4-3-9(16)7-11(10)18-6-5-12(19)17-13(14(18)20)8-1-2-8/h3-4,7-8,13H,1-2,5-6H2,(H,17,19). The fourth-order valence-corrected chi connectivity index (χ4v) is 3.11. The highest BCUT2D eigenvalue weighted by atomic mass is 79.9. The van der Waals surface area contributed by atoms with E-state index in [1.807, 2.05) is 6.07 Å². The lowest BCUT2D eigenvalue weighted by atomic mass is 10.1. The second kappa shape index (κ2) is 5.37. The van der Waals surface area contributed by atoms with Gasteiger partial charge in [-0.15, -0.1) is 0 Å². The highest BCUT2D eigenvalue weighted by Gasteiger charge is 2.41. The Labute approximate surface area is 130 Å². The van der Waals surface area contributed by atoms with Crippen molar-refractivity contribution in [3.05, 3.63) is 27.7 Å². The van der Waals surface area contributed by atoms with Crippen LogP contribution in [0.15, 0.2) is 22.7 Å². The number of carbonyl (C=O) groups is 2. The van der Waals surface area contributed by atoms with Crippen molar-refractivity contribution >= 4 is 45.0 Å². The Morgan fingerprint density at radius 2 is 2.05 bits per heavy atom. The molecule has 1 aliphatic heterocycles. The first-order valence-corrected chi connectivity index (χ1v) is 7.79. The van der Waals surface area contributed by atoms with Gasteiger partial charge >= 0.3 is 0 Å². The van der Waals surface area contributed by atoms with Gasteiger partial charge in [-0.25, -0.2) is 0 Å². The van der Waals surface area contributed by atoms with Crippen molar-refractivity contribution in [3.63, 3.8) is 0 Å². The molecule has 106 valence electrons. The van der Waals surface area contributed by atoms with Crippen molar-refractivity contribution in [2.24, 2.45) is 5.92 Å². The number of benzene rings is 1. The van der Waals surface area contributed by atoms with Gasteiger partial charge in [-0.3, -0.25) is 9.59 Å². The molecule has 0 spiro atoms. The number of nitrogens with one attached hydrogen (secondary N) is 1. The summed E-state index contributed by atoms with van der Waals surface area (Å²) >= 11 is 9.47. The molecule has 1 aromatic carbocycles. The minimum Gasteiger partial charge on any atom is -0.344 e. The fourth-order valence-electron chi connectivity index (χ4n) is 2.48. The Balaban J connectivity index is 1.96. The van der Waals surface area contributed by atoms with E-state index in [0.717, 1.165) is 23.0 Å². The second-order valence-electron chi connectivity index (χ2n) is 5.22. The molecule has 0 bridgehead atoms. The summed E-state index contributed by atoms with van der Waals surface area (Å²) in [5.41, 5.74) is 0.727. The highest BCUT2D eigenvalue weighted by Crippen LogP contribution is 2.36. The molecule has 2 aliphatic rings. The van der Waals surface area contributed by atoms with Crippen molar-refractivity contribution in [3.8, 4) is 0 Å². The van der Waals surface area contributed by atoms with Gasteiger partial charge in [0, 0.05) is 22.5 Å². The van der Waals surface area contributed by atoms with Crippen LogP contribution in [0, 0.1) is 5.92 Å². The first kappa shape index (κ1) is 13.9. The summed E-state index contributed by atoms with van der Waals surface area (Å²) in [4.78, 5) is 26.1. The third kappa shape index (κ3) is 2.69. The molecule has 1 N–H and O–H groups in total. The lowest BCUT2D eigenvalue weighted by Crippen LogP contribution is -2.46. The largest absolute Gasteiger partial charge is 0.344 e. The van der Waals surface area contributed by atoms with E-state index in [9.17, 15) is 9.59 Å². The molecule has 1 heterocycles. The lowest BCUT2D eigenvalue weighted by molar-refractivity contribution is -0.126. The van der Waals surface area contributed by atoms with Gasteiger partial charge in [0.15, 0.2) is 0 Å². The van der Waals surface area contributed by atoms with Crippen LogP contribution in [-0.4, -0.2) is 24.4 Å². The van der Waals surface area contributed by atoms with Gasteiger partial charge in [0.1, 0.15) is 6.04 Å². The molecule has 1 aliphatic carbocycles. The summed E-state index contributed by atoms with van der Waals surface area (Å²) in [7, 11) is 0. The number of nitrogens with zero attached hydrogens (tertiary/aromatic N) is 1. The zero-order valence-corrected chi connectivity index (χ0v) is 13.1. The normalized spacial score (nSPS) is 23.5. The number of anilines is 1. The van der Waals surface area contributed by atoms with Gasteiger partial charge in [0.2, 0.25) is 11.8 Å². The van der Waals surface area contributed by atoms with Crippen molar-refractivity contribution in [1.82, 2.24) is 5.32 Å². The van der Waals surface area contributed by atoms with Crippen molar-refractivity contribution < 1.29 is 9.59 Å². The molecule has 1 saturated carbocycles. The first-order valence-electron chi connectivity index (χ1n) is 6.62. The van der Waals surface area contributed by atoms with Crippen LogP contribution < -0.4 is 10.2 Å². The van der Waals surface area contributed by atoms with Crippen LogP contribution >= 0.6 is 27.5 Å². The zero-order chi connectivity index (χ0) is 14.3. The predicted molar refractivity (Wildman–Crippen MR) is 80.8 cm³/mol. The summed E-state index contributed by atoms with van der Waals surface area (Å²) < 4.78 is 0.805. The molecular formula is C14H14BrClN2O2. The summed E-state index contributed by atoms with van der Waals surface area (Å²) in [5.74, 6) is 0.183. The Morgan fingerprint density at radius 3 is 2.75 bits per heavy atom. The predicted octanol–water partition coefficient (Wildman–Crippen LogP) is 2.73. The number of halogens is 2. The van der Waals surface area contributed by atoms with Crippen LogP contribution in [0.4, 0.5) is 5.69 Å². The minimum atomic E-state index is -0.393. The first-order chi connectivity index (χ1) is 9.56. The number of rotatable bonds is 2. The molecule has 3 rings (SSSR count). The van der Waals surface area contributed by atoms with Crippen LogP contribution in [0.25, 0.3) is 0 Å². The molecule has 0 aromatic heterocycles. The monoisotopic (exact) mass is 356 g/mol. The van der Waals surface area contributed by atoms with Gasteiger partial charge in [-0.2, -0.15) is 0 Å². The third-order valence-corrected chi connectivity index (χ3v) is 4.61. The fraction of sp³-hybridized carbons (Fsp3) is 0.429. The summed E-state index contributed by atoms with van der Waals surface area (Å²) in [6.07, 6.45) is 2.32. The molecule has 4 nitrogen and oxygen atoms in total. The van der Waals surface area contributed by atoms with Crippen LogP contribution in [0.1, 0.15) is 19.3 Å². The molecule has 1 aromatic rings.